The molecule has 0 saturated heterocycles. The molecule has 0 aromatic heterocycles. The number of aliphatic hydroxyl groups is 2. The van der Waals surface area contributed by atoms with Crippen LogP contribution in [0.15, 0.2) is 71.9 Å². The minimum Gasteiger partial charge on any atom is -0.459 e. The second kappa shape index (κ2) is 18.3. The first kappa shape index (κ1) is 41.5. The van der Waals surface area contributed by atoms with Gasteiger partial charge in [-0.2, -0.15) is 5.26 Å². The highest BCUT2D eigenvalue weighted by Gasteiger charge is 2.65. The normalized spacial score (nSPS) is 24.7. The summed E-state index contributed by atoms with van der Waals surface area (Å²) in [6, 6.07) is 13.3. The van der Waals surface area contributed by atoms with E-state index in [2.05, 4.69) is 24.0 Å². The molecule has 2 aliphatic carbocycles. The molecular formula is C43H56N4O8. The van der Waals surface area contributed by atoms with Gasteiger partial charge in [-0.15, -0.1) is 6.58 Å². The number of benzene rings is 2. The van der Waals surface area contributed by atoms with E-state index in [9.17, 15) is 25.1 Å². The standard InChI is InChI=1S/C43H56N4O8/c1-7-23-52-43-37(47(6)40(50)29-17-15-28(27-44)16-18-29)26-35(46-55-42(3,4)5)33-24-30(13-9-11-21-48)32(14-10-12-22-49)38(39(33)43)34-25-31(19-20-36(34)54-43)53-41(51)45-8-2/h7,15-20,24-25,30,32,37-39,48-49H,1,8-14,21-23,26H2,2-6H3,(H,45,51)/t30-,32+,37-,38+,39+,43+/m0/s1. The Bertz CT molecular complexity index is 1780. The number of amides is 2. The molecule has 0 radical (unpaired) electrons. The Morgan fingerprint density at radius 2 is 1.82 bits per heavy atom. The Morgan fingerprint density at radius 3 is 2.45 bits per heavy atom. The fraction of sp³-hybridized carbons (Fsp3) is 0.535. The van der Waals surface area contributed by atoms with Gasteiger partial charge in [0.1, 0.15) is 23.1 Å². The summed E-state index contributed by atoms with van der Waals surface area (Å²) in [5.41, 5.74) is 2.66. The second-order valence-corrected chi connectivity index (χ2v) is 15.5. The summed E-state index contributed by atoms with van der Waals surface area (Å²) in [5.74, 6) is -1.53. The SMILES string of the molecule is C=CCO[C@@]12Oc3ccc(OC(=O)NCC)cc3[C@H]3[C@H](CCCCO)[C@@H](CCCCO)C=C(C(=NOC(C)(C)C)C[C@@H]1N(C)C(=O)c1ccc(C#N)cc1)[C@H]32. The van der Waals surface area contributed by atoms with Crippen LogP contribution in [0.1, 0.15) is 100 Å². The van der Waals surface area contributed by atoms with Crippen molar-refractivity contribution in [3.8, 4) is 17.6 Å². The van der Waals surface area contributed by atoms with Crippen LogP contribution in [-0.4, -0.2) is 83.7 Å². The van der Waals surface area contributed by atoms with Crippen molar-refractivity contribution < 1.29 is 38.9 Å². The zero-order valence-corrected chi connectivity index (χ0v) is 32.8. The van der Waals surface area contributed by atoms with Gasteiger partial charge in [0, 0.05) is 50.3 Å². The molecule has 296 valence electrons. The number of nitrogens with one attached hydrogen (secondary N) is 1. The molecular weight excluding hydrogens is 700 g/mol. The van der Waals surface area contributed by atoms with E-state index in [-0.39, 0.29) is 49.9 Å². The number of hydrogen-bond donors (Lipinski definition) is 3. The highest BCUT2D eigenvalue weighted by Crippen LogP contribution is 2.62. The third-order valence-corrected chi connectivity index (χ3v) is 10.7. The molecule has 12 heteroatoms. The van der Waals surface area contributed by atoms with Crippen LogP contribution in [0.5, 0.6) is 11.5 Å². The Kier molecular flexibility index (Phi) is 13.8. The maximum atomic E-state index is 14.4. The molecule has 3 N–H and O–H groups in total. The molecule has 5 rings (SSSR count). The van der Waals surface area contributed by atoms with Crippen molar-refractivity contribution in [2.45, 2.75) is 96.0 Å². The lowest BCUT2D eigenvalue weighted by Crippen LogP contribution is -2.69. The summed E-state index contributed by atoms with van der Waals surface area (Å²) in [4.78, 5) is 34.8. The van der Waals surface area contributed by atoms with Crippen LogP contribution in [0.3, 0.4) is 0 Å². The molecule has 12 nitrogen and oxygen atoms in total. The fourth-order valence-electron chi connectivity index (χ4n) is 8.30. The number of nitriles is 1. The van der Waals surface area contributed by atoms with Crippen LogP contribution < -0.4 is 14.8 Å². The van der Waals surface area contributed by atoms with Crippen molar-refractivity contribution in [1.82, 2.24) is 10.2 Å². The number of unbranched alkanes of at least 4 members (excludes halogenated alkanes) is 2. The molecule has 1 saturated carbocycles. The minimum atomic E-state index is -1.43. The van der Waals surface area contributed by atoms with Gasteiger partial charge in [-0.3, -0.25) is 4.79 Å². The van der Waals surface area contributed by atoms with Gasteiger partial charge >= 0.3 is 6.09 Å². The number of carbonyl (C=O) groups excluding carboxylic acids is 2. The Balaban J connectivity index is 1.77. The second-order valence-electron chi connectivity index (χ2n) is 15.5. The van der Waals surface area contributed by atoms with Crippen LogP contribution in [0, 0.1) is 29.1 Å². The van der Waals surface area contributed by atoms with Crippen molar-refractivity contribution in [2.75, 3.05) is 33.4 Å². The molecule has 3 aliphatic rings. The fourth-order valence-corrected chi connectivity index (χ4v) is 8.30. The zero-order chi connectivity index (χ0) is 39.8. The minimum absolute atomic E-state index is 0.0103. The summed E-state index contributed by atoms with van der Waals surface area (Å²) in [6.45, 7) is 12.3. The molecule has 2 aromatic carbocycles. The van der Waals surface area contributed by atoms with Crippen molar-refractivity contribution in [2.24, 2.45) is 22.9 Å². The number of aliphatic hydroxyl groups excluding tert-OH is 2. The number of ether oxygens (including phenoxy) is 3. The topological polar surface area (TPSA) is 163 Å². The largest absolute Gasteiger partial charge is 0.459 e. The number of hydrogen-bond acceptors (Lipinski definition) is 10. The van der Waals surface area contributed by atoms with Gasteiger partial charge in [0.15, 0.2) is 0 Å². The van der Waals surface area contributed by atoms with Crippen LogP contribution in [0.2, 0.25) is 0 Å². The van der Waals surface area contributed by atoms with E-state index in [0.29, 0.717) is 47.7 Å². The lowest BCUT2D eigenvalue weighted by Gasteiger charge is -2.59. The zero-order valence-electron chi connectivity index (χ0n) is 32.8. The smallest absolute Gasteiger partial charge is 0.412 e. The molecule has 2 amide bonds. The van der Waals surface area contributed by atoms with Gasteiger partial charge in [0.05, 0.1) is 29.9 Å². The molecule has 0 bridgehead atoms. The van der Waals surface area contributed by atoms with E-state index in [1.54, 1.807) is 54.4 Å². The Hall–Kier alpha value is -4.70. The van der Waals surface area contributed by atoms with Gasteiger partial charge in [0.2, 0.25) is 5.79 Å². The number of oxime groups is 1. The van der Waals surface area contributed by atoms with E-state index < -0.39 is 29.4 Å². The Morgan fingerprint density at radius 1 is 1.11 bits per heavy atom. The summed E-state index contributed by atoms with van der Waals surface area (Å²) >= 11 is 0. The van der Waals surface area contributed by atoms with Gasteiger partial charge in [0.25, 0.3) is 5.91 Å². The maximum Gasteiger partial charge on any atom is 0.412 e. The predicted molar refractivity (Wildman–Crippen MR) is 209 cm³/mol. The number of allylic oxidation sites excluding steroid dienone is 1. The van der Waals surface area contributed by atoms with E-state index in [4.69, 9.17) is 24.2 Å². The molecule has 1 heterocycles. The molecule has 1 fully saturated rings. The number of fused-ring (bicyclic) bond motifs is 2. The highest BCUT2D eigenvalue weighted by atomic mass is 16.7. The summed E-state index contributed by atoms with van der Waals surface area (Å²) in [5, 5.41) is 36.5. The highest BCUT2D eigenvalue weighted by molar-refractivity contribution is 6.03. The third kappa shape index (κ3) is 9.23. The average molecular weight is 757 g/mol. The average Bonchev–Trinajstić information content (AvgIpc) is 3.17. The quantitative estimate of drug-likeness (QED) is 0.0943. The van der Waals surface area contributed by atoms with Crippen molar-refractivity contribution in [3.05, 3.63) is 83.5 Å². The maximum absolute atomic E-state index is 14.4. The van der Waals surface area contributed by atoms with Crippen LogP contribution in [0.4, 0.5) is 4.79 Å². The first-order valence-electron chi connectivity index (χ1n) is 19.4. The van der Waals surface area contributed by atoms with Gasteiger partial charge in [-0.1, -0.05) is 30.1 Å². The van der Waals surface area contributed by atoms with E-state index in [1.165, 1.54) is 0 Å². The van der Waals surface area contributed by atoms with E-state index in [1.807, 2.05) is 33.8 Å². The first-order chi connectivity index (χ1) is 26.4. The van der Waals surface area contributed by atoms with E-state index in [0.717, 1.165) is 36.8 Å². The van der Waals surface area contributed by atoms with Crippen LogP contribution in [0.25, 0.3) is 0 Å². The number of rotatable bonds is 16. The van der Waals surface area contributed by atoms with Crippen molar-refractivity contribution >= 4 is 17.7 Å². The monoisotopic (exact) mass is 756 g/mol. The summed E-state index contributed by atoms with van der Waals surface area (Å²) in [7, 11) is 1.73. The number of carbonyl (C=O) groups is 2. The predicted octanol–water partition coefficient (Wildman–Crippen LogP) is 6.87. The van der Waals surface area contributed by atoms with Gasteiger partial charge in [-0.05, 0) is 113 Å². The van der Waals surface area contributed by atoms with Crippen LogP contribution in [-0.2, 0) is 9.57 Å². The summed E-state index contributed by atoms with van der Waals surface area (Å²) in [6.07, 6.45) is 8.05. The van der Waals surface area contributed by atoms with Crippen molar-refractivity contribution in [3.63, 3.8) is 0 Å². The molecule has 2 aromatic rings. The van der Waals surface area contributed by atoms with Crippen LogP contribution >= 0.6 is 0 Å². The van der Waals surface area contributed by atoms with Gasteiger partial charge < -0.3 is 39.5 Å². The number of nitrogens with zero attached hydrogens (tertiary/aromatic N) is 3. The molecule has 0 spiro atoms. The first-order valence-corrected chi connectivity index (χ1v) is 19.4. The van der Waals surface area contributed by atoms with Crippen molar-refractivity contribution in [1.29, 1.82) is 5.26 Å². The number of likely N-dealkylation sites (N-methyl/N-ethyl adjacent to an activating group) is 1. The van der Waals surface area contributed by atoms with E-state index >= 15 is 0 Å². The summed E-state index contributed by atoms with van der Waals surface area (Å²) < 4.78 is 19.8. The molecule has 55 heavy (non-hydrogen) atoms. The third-order valence-electron chi connectivity index (χ3n) is 10.7. The molecule has 0 unspecified atom stereocenters. The Labute approximate surface area is 324 Å². The lowest BCUT2D eigenvalue weighted by molar-refractivity contribution is -0.252. The lowest BCUT2D eigenvalue weighted by atomic mass is 9.55. The molecule has 6 atom stereocenters. The van der Waals surface area contributed by atoms with Gasteiger partial charge in [-0.25, -0.2) is 4.79 Å². The molecule has 1 aliphatic heterocycles.